The summed E-state index contributed by atoms with van der Waals surface area (Å²) in [6, 6.07) is 5.06. The molecule has 22 heavy (non-hydrogen) atoms. The highest BCUT2D eigenvalue weighted by atomic mass is 32.1. The largest absolute Gasteiger partial charge is 0.362 e. The average molecular weight is 324 g/mol. The molecule has 0 unspecified atom stereocenters. The van der Waals surface area contributed by atoms with Gasteiger partial charge in [-0.25, -0.2) is 4.39 Å². The first kappa shape index (κ1) is 17.2. The van der Waals surface area contributed by atoms with E-state index in [-0.39, 0.29) is 5.82 Å². The average Bonchev–Trinajstić information content (AvgIpc) is 2.49. The molecule has 1 aliphatic heterocycles. The number of hydrogen-bond acceptors (Lipinski definition) is 1. The van der Waals surface area contributed by atoms with Crippen molar-refractivity contribution in [2.75, 3.05) is 31.5 Å². The van der Waals surface area contributed by atoms with Crippen molar-refractivity contribution >= 4 is 23.0 Å². The third-order valence-corrected chi connectivity index (χ3v) is 4.65. The van der Waals surface area contributed by atoms with Crippen molar-refractivity contribution in [2.24, 2.45) is 5.92 Å². The maximum atomic E-state index is 13.5. The number of piperidine rings is 1. The van der Waals surface area contributed by atoms with Crippen molar-refractivity contribution in [2.45, 2.75) is 33.1 Å². The molecule has 2 rings (SSSR count). The van der Waals surface area contributed by atoms with Crippen molar-refractivity contribution in [1.82, 2.24) is 5.32 Å². The fraction of sp³-hybridized carbons (Fsp3) is 0.588. The molecule has 1 aromatic rings. The lowest BCUT2D eigenvalue weighted by Crippen LogP contribution is -3.13. The molecule has 3 N–H and O–H groups in total. The van der Waals surface area contributed by atoms with E-state index in [1.807, 2.05) is 6.07 Å². The summed E-state index contributed by atoms with van der Waals surface area (Å²) in [4.78, 5) is 1.71. The molecule has 1 fully saturated rings. The van der Waals surface area contributed by atoms with Gasteiger partial charge in [-0.15, -0.1) is 0 Å². The third-order valence-electron chi connectivity index (χ3n) is 4.40. The van der Waals surface area contributed by atoms with E-state index in [0.29, 0.717) is 16.4 Å². The zero-order valence-electron chi connectivity index (χ0n) is 13.5. The molecule has 0 aromatic heterocycles. The molecule has 0 amide bonds. The summed E-state index contributed by atoms with van der Waals surface area (Å²) in [5.41, 5.74) is 1.33. The quantitative estimate of drug-likeness (QED) is 0.572. The van der Waals surface area contributed by atoms with E-state index in [9.17, 15) is 4.39 Å². The lowest BCUT2D eigenvalue weighted by Gasteiger charge is -2.27. The summed E-state index contributed by atoms with van der Waals surface area (Å²) < 4.78 is 13.5. The Balaban J connectivity index is 1.62. The van der Waals surface area contributed by atoms with E-state index in [1.165, 1.54) is 38.5 Å². The molecule has 0 bridgehead atoms. The second-order valence-electron chi connectivity index (χ2n) is 6.38. The first-order valence-electron chi connectivity index (χ1n) is 8.19. The second-order valence-corrected chi connectivity index (χ2v) is 6.79. The van der Waals surface area contributed by atoms with Crippen molar-refractivity contribution < 1.29 is 9.29 Å². The van der Waals surface area contributed by atoms with Gasteiger partial charge in [-0.05, 0) is 55.6 Å². The lowest BCUT2D eigenvalue weighted by molar-refractivity contribution is -0.906. The van der Waals surface area contributed by atoms with E-state index in [4.69, 9.17) is 12.2 Å². The van der Waals surface area contributed by atoms with Crippen LogP contribution in [0.25, 0.3) is 0 Å². The smallest absolute Gasteiger partial charge is 0.170 e. The number of nitrogens with one attached hydrogen (secondary N) is 3. The van der Waals surface area contributed by atoms with Crippen molar-refractivity contribution in [3.8, 4) is 0 Å². The molecule has 0 spiro atoms. The standard InChI is InChI=1S/C17H26FN3S/c1-13-6-10-21(11-7-13)9-3-8-19-17(22)20-15-5-4-14(2)16(18)12-15/h4-5,12-13H,3,6-11H2,1-2H3,(H2,19,20,22)/p+1. The van der Waals surface area contributed by atoms with E-state index in [1.54, 1.807) is 17.9 Å². The Morgan fingerprint density at radius 1 is 1.36 bits per heavy atom. The molecule has 1 heterocycles. The van der Waals surface area contributed by atoms with Gasteiger partial charge >= 0.3 is 0 Å². The van der Waals surface area contributed by atoms with Crippen LogP contribution in [0.4, 0.5) is 10.1 Å². The Labute approximate surface area is 138 Å². The van der Waals surface area contributed by atoms with Gasteiger partial charge in [0.15, 0.2) is 5.11 Å². The van der Waals surface area contributed by atoms with Gasteiger partial charge in [-0.2, -0.15) is 0 Å². The molecule has 0 radical (unpaired) electrons. The van der Waals surface area contributed by atoms with Crippen molar-refractivity contribution in [3.05, 3.63) is 29.6 Å². The maximum absolute atomic E-state index is 13.5. The highest BCUT2D eigenvalue weighted by Gasteiger charge is 2.17. The van der Waals surface area contributed by atoms with Crippen LogP contribution >= 0.6 is 12.2 Å². The Bertz CT molecular complexity index is 499. The van der Waals surface area contributed by atoms with Gasteiger partial charge in [-0.1, -0.05) is 13.0 Å². The Morgan fingerprint density at radius 3 is 2.77 bits per heavy atom. The highest BCUT2D eigenvalue weighted by Crippen LogP contribution is 2.13. The molecule has 3 nitrogen and oxygen atoms in total. The van der Waals surface area contributed by atoms with Crippen molar-refractivity contribution in [3.63, 3.8) is 0 Å². The summed E-state index contributed by atoms with van der Waals surface area (Å²) in [6.45, 7) is 8.75. The number of thiocarbonyl (C=S) groups is 1. The topological polar surface area (TPSA) is 28.5 Å². The van der Waals surface area contributed by atoms with Crippen LogP contribution in [0.5, 0.6) is 0 Å². The van der Waals surface area contributed by atoms with Crippen LogP contribution < -0.4 is 15.5 Å². The number of halogens is 1. The van der Waals surface area contributed by atoms with Crippen LogP contribution in [-0.4, -0.2) is 31.3 Å². The lowest BCUT2D eigenvalue weighted by atomic mass is 9.99. The van der Waals surface area contributed by atoms with Crippen LogP contribution in [0.3, 0.4) is 0 Å². The molecule has 5 heteroatoms. The normalized spacial score (nSPS) is 21.4. The molecule has 1 aliphatic rings. The first-order chi connectivity index (χ1) is 10.5. The van der Waals surface area contributed by atoms with Gasteiger partial charge in [0, 0.05) is 18.7 Å². The van der Waals surface area contributed by atoms with Crippen LogP contribution in [0.2, 0.25) is 0 Å². The van der Waals surface area contributed by atoms with Gasteiger partial charge in [0.1, 0.15) is 5.82 Å². The summed E-state index contributed by atoms with van der Waals surface area (Å²) in [7, 11) is 0. The molecular formula is C17H27FN3S+. The van der Waals surface area contributed by atoms with Crippen LogP contribution in [0.15, 0.2) is 18.2 Å². The number of rotatable bonds is 5. The molecule has 0 atom stereocenters. The fourth-order valence-electron chi connectivity index (χ4n) is 2.81. The van der Waals surface area contributed by atoms with Crippen LogP contribution in [0, 0.1) is 18.7 Å². The third kappa shape index (κ3) is 5.54. The Kier molecular flexibility index (Phi) is 6.58. The molecule has 122 valence electrons. The monoisotopic (exact) mass is 324 g/mol. The highest BCUT2D eigenvalue weighted by molar-refractivity contribution is 7.80. The van der Waals surface area contributed by atoms with Gasteiger partial charge in [0.25, 0.3) is 0 Å². The summed E-state index contributed by atoms with van der Waals surface area (Å²) >= 11 is 5.25. The van der Waals surface area contributed by atoms with Gasteiger partial charge in [-0.3, -0.25) is 0 Å². The molecule has 1 aromatic carbocycles. The summed E-state index contributed by atoms with van der Waals surface area (Å²) in [5.74, 6) is 0.685. The van der Waals surface area contributed by atoms with Crippen LogP contribution in [0.1, 0.15) is 31.7 Å². The number of likely N-dealkylation sites (tertiary alicyclic amines) is 1. The summed E-state index contributed by atoms with van der Waals surface area (Å²) in [5, 5.41) is 6.79. The molecule has 1 saturated heterocycles. The predicted molar refractivity (Wildman–Crippen MR) is 93.9 cm³/mol. The SMILES string of the molecule is Cc1ccc(NC(=S)NCCC[NH+]2CCC(C)CC2)cc1F. The van der Waals surface area contributed by atoms with E-state index < -0.39 is 0 Å². The number of quaternary nitrogens is 1. The number of benzene rings is 1. The molecular weight excluding hydrogens is 297 g/mol. The first-order valence-corrected chi connectivity index (χ1v) is 8.60. The minimum absolute atomic E-state index is 0.212. The fourth-order valence-corrected chi connectivity index (χ4v) is 3.03. The van der Waals surface area contributed by atoms with Crippen LogP contribution in [-0.2, 0) is 0 Å². The maximum Gasteiger partial charge on any atom is 0.170 e. The van der Waals surface area contributed by atoms with Gasteiger partial charge in [0.05, 0.1) is 19.6 Å². The minimum Gasteiger partial charge on any atom is -0.362 e. The van der Waals surface area contributed by atoms with Gasteiger partial charge in [0.2, 0.25) is 0 Å². The Hall–Kier alpha value is -1.20. The number of hydrogen-bond donors (Lipinski definition) is 3. The molecule has 0 aliphatic carbocycles. The summed E-state index contributed by atoms with van der Waals surface area (Å²) in [6.07, 6.45) is 3.80. The van der Waals surface area contributed by atoms with E-state index in [0.717, 1.165) is 18.9 Å². The zero-order chi connectivity index (χ0) is 15.9. The van der Waals surface area contributed by atoms with Gasteiger partial charge < -0.3 is 15.5 Å². The second kappa shape index (κ2) is 8.44. The Morgan fingerprint density at radius 2 is 2.09 bits per heavy atom. The number of anilines is 1. The zero-order valence-corrected chi connectivity index (χ0v) is 14.4. The minimum atomic E-state index is -0.212. The molecule has 0 saturated carbocycles. The number of aryl methyl sites for hydroxylation is 1. The van der Waals surface area contributed by atoms with E-state index >= 15 is 0 Å². The van der Waals surface area contributed by atoms with E-state index in [2.05, 4.69) is 17.6 Å². The predicted octanol–water partition coefficient (Wildman–Crippen LogP) is 2.13. The van der Waals surface area contributed by atoms with Crippen molar-refractivity contribution in [1.29, 1.82) is 0 Å².